The number of hydrogen-bond donors (Lipinski definition) is 1. The molecule has 0 amide bonds. The maximum Gasteiger partial charge on any atom is 2.00 e. The van der Waals surface area contributed by atoms with Crippen LogP contribution in [0.15, 0.2) is 104 Å². The van der Waals surface area contributed by atoms with Crippen LogP contribution in [0.25, 0.3) is 50.1 Å². The van der Waals surface area contributed by atoms with Crippen molar-refractivity contribution in [1.82, 2.24) is 14.1 Å². The number of phenols is 1. The van der Waals surface area contributed by atoms with Crippen molar-refractivity contribution in [2.24, 2.45) is 0 Å². The van der Waals surface area contributed by atoms with Crippen LogP contribution in [0, 0.1) is 12.4 Å². The van der Waals surface area contributed by atoms with Crippen molar-refractivity contribution in [2.75, 3.05) is 0 Å². The number of nitrogens with zero attached hydrogens (tertiary/aromatic N) is 4. The van der Waals surface area contributed by atoms with E-state index in [1.54, 1.807) is 0 Å². The summed E-state index contributed by atoms with van der Waals surface area (Å²) in [6.45, 7) is 19.7. The van der Waals surface area contributed by atoms with Gasteiger partial charge in [0.25, 0.3) is 6.33 Å². The molecule has 0 aliphatic rings. The van der Waals surface area contributed by atoms with Gasteiger partial charge in [-0.25, -0.2) is 4.98 Å². The Hall–Kier alpha value is -4.47. The van der Waals surface area contributed by atoms with Gasteiger partial charge in [0.2, 0.25) is 0 Å². The van der Waals surface area contributed by atoms with Gasteiger partial charge in [-0.2, -0.15) is 0 Å². The van der Waals surface area contributed by atoms with Crippen LogP contribution in [0.1, 0.15) is 79.0 Å². The maximum atomic E-state index is 11.6. The van der Waals surface area contributed by atoms with E-state index in [0.29, 0.717) is 0 Å². The van der Waals surface area contributed by atoms with E-state index in [0.717, 1.165) is 50.3 Å². The number of fused-ring (bicyclic) bond motifs is 3. The molecular formula is C44H45N4OPt+. The van der Waals surface area contributed by atoms with Crippen LogP contribution >= 0.6 is 0 Å². The second-order valence-electron chi connectivity index (χ2n) is 16.2. The number of imidazole rings is 1. The Morgan fingerprint density at radius 1 is 0.720 bits per heavy atom. The summed E-state index contributed by atoms with van der Waals surface area (Å²) < 4.78 is 6.13. The van der Waals surface area contributed by atoms with E-state index < -0.39 is 0 Å². The molecule has 1 N–H and O–H groups in total. The minimum absolute atomic E-state index is 0. The van der Waals surface area contributed by atoms with Gasteiger partial charge in [0.15, 0.2) is 0 Å². The van der Waals surface area contributed by atoms with Crippen molar-refractivity contribution >= 4 is 21.8 Å². The molecule has 0 spiro atoms. The van der Waals surface area contributed by atoms with Crippen molar-refractivity contribution < 1.29 is 30.7 Å². The SMILES string of the molecule is CC(C)(C)c1ccnc(-n2c3[c-]c(-c4ccccc4-[n+]4[c-]n(-c5cc(C(C)(C)C)cc(C(C)(C)C)c5O)cc4)ccc3c3ccccc32)c1.[Pt+2]. The van der Waals surface area contributed by atoms with Gasteiger partial charge in [0, 0.05) is 29.8 Å². The van der Waals surface area contributed by atoms with Crippen LogP contribution < -0.4 is 4.57 Å². The quantitative estimate of drug-likeness (QED) is 0.142. The molecule has 5 nitrogen and oxygen atoms in total. The molecule has 4 aromatic carbocycles. The van der Waals surface area contributed by atoms with Crippen molar-refractivity contribution in [2.45, 2.75) is 78.6 Å². The molecule has 3 aromatic heterocycles. The molecule has 0 aliphatic heterocycles. The largest absolute Gasteiger partial charge is 2.00 e. The summed E-state index contributed by atoms with van der Waals surface area (Å²) in [7, 11) is 0. The first-order valence-electron chi connectivity index (χ1n) is 17.0. The third-order valence-electron chi connectivity index (χ3n) is 9.48. The Morgan fingerprint density at radius 2 is 1.42 bits per heavy atom. The zero-order chi connectivity index (χ0) is 34.9. The molecule has 0 saturated carbocycles. The summed E-state index contributed by atoms with van der Waals surface area (Å²) in [6.07, 6.45) is 9.38. The summed E-state index contributed by atoms with van der Waals surface area (Å²) in [5, 5.41) is 13.9. The van der Waals surface area contributed by atoms with E-state index in [1.807, 2.05) is 33.8 Å². The minimum atomic E-state index is -0.226. The zero-order valence-electron chi connectivity index (χ0n) is 30.4. The standard InChI is InChI=1S/C44H45N4O.Pt/c1-42(2,3)30-20-21-45-40(27-30)48-37-17-13-11-15-33(37)34-19-18-29(24-38(34)48)32-14-10-12-16-36(32)46-22-23-47(28-46)39-26-31(43(4,5)6)25-35(41(39)49)44(7,8)9;/h10-23,25-27,49H,1-9H3;/q-1;+2. The molecular weight excluding hydrogens is 796 g/mol. The van der Waals surface area contributed by atoms with Crippen LogP contribution in [-0.2, 0) is 37.3 Å². The first kappa shape index (κ1) is 35.4. The molecule has 0 saturated heterocycles. The number of benzene rings is 4. The molecule has 0 atom stereocenters. The number of aromatic hydroxyl groups is 1. The van der Waals surface area contributed by atoms with Crippen LogP contribution in [-0.4, -0.2) is 19.2 Å². The molecule has 7 aromatic rings. The van der Waals surface area contributed by atoms with Crippen LogP contribution in [0.4, 0.5) is 0 Å². The fraction of sp³-hybridized carbons (Fsp3) is 0.273. The van der Waals surface area contributed by atoms with Crippen molar-refractivity contribution in [3.63, 3.8) is 0 Å². The Bertz CT molecular complexity index is 2360. The average Bonchev–Trinajstić information content (AvgIpc) is 3.66. The number of rotatable bonds is 4. The first-order valence-corrected chi connectivity index (χ1v) is 17.0. The molecule has 3 heterocycles. The Kier molecular flexibility index (Phi) is 8.98. The second-order valence-corrected chi connectivity index (χ2v) is 16.2. The van der Waals surface area contributed by atoms with E-state index in [1.165, 1.54) is 16.5 Å². The van der Waals surface area contributed by atoms with E-state index in [9.17, 15) is 5.11 Å². The average molecular weight is 841 g/mol. The normalized spacial score (nSPS) is 12.4. The molecule has 0 unspecified atom stereocenters. The molecule has 256 valence electrons. The van der Waals surface area contributed by atoms with E-state index in [2.05, 4.69) is 158 Å². The molecule has 0 fully saturated rings. The van der Waals surface area contributed by atoms with E-state index in [4.69, 9.17) is 4.98 Å². The number of para-hydroxylation sites is 2. The predicted molar refractivity (Wildman–Crippen MR) is 200 cm³/mol. The monoisotopic (exact) mass is 840 g/mol. The second kappa shape index (κ2) is 12.7. The molecule has 50 heavy (non-hydrogen) atoms. The van der Waals surface area contributed by atoms with Crippen LogP contribution in [0.3, 0.4) is 0 Å². The van der Waals surface area contributed by atoms with Crippen LogP contribution in [0.2, 0.25) is 0 Å². The molecule has 7 rings (SSSR count). The third kappa shape index (κ3) is 6.33. The predicted octanol–water partition coefficient (Wildman–Crippen LogP) is 10.1. The van der Waals surface area contributed by atoms with Gasteiger partial charge in [0.05, 0.1) is 0 Å². The van der Waals surface area contributed by atoms with Crippen molar-refractivity contribution in [1.29, 1.82) is 0 Å². The van der Waals surface area contributed by atoms with E-state index in [-0.39, 0.29) is 43.1 Å². The number of hydrogen-bond acceptors (Lipinski definition) is 2. The third-order valence-corrected chi connectivity index (χ3v) is 9.48. The van der Waals surface area contributed by atoms with Gasteiger partial charge in [0.1, 0.15) is 17.3 Å². The van der Waals surface area contributed by atoms with Crippen molar-refractivity contribution in [3.8, 4) is 34.1 Å². The van der Waals surface area contributed by atoms with Crippen LogP contribution in [0.5, 0.6) is 5.75 Å². The van der Waals surface area contributed by atoms with Gasteiger partial charge in [-0.05, 0) is 68.1 Å². The fourth-order valence-corrected chi connectivity index (χ4v) is 6.60. The molecule has 0 bridgehead atoms. The van der Waals surface area contributed by atoms with Crippen molar-refractivity contribution in [3.05, 3.63) is 133 Å². The van der Waals surface area contributed by atoms with Gasteiger partial charge < -0.3 is 14.2 Å². The van der Waals surface area contributed by atoms with Gasteiger partial charge in [-0.15, -0.1) is 23.8 Å². The number of aromatic nitrogens is 4. The Balaban J connectivity index is 0.00000432. The topological polar surface area (TPSA) is 46.9 Å². The summed E-state index contributed by atoms with van der Waals surface area (Å²) in [4.78, 5) is 4.85. The van der Waals surface area contributed by atoms with Gasteiger partial charge >= 0.3 is 21.1 Å². The van der Waals surface area contributed by atoms with E-state index >= 15 is 0 Å². The first-order chi connectivity index (χ1) is 23.1. The summed E-state index contributed by atoms with van der Waals surface area (Å²) in [6, 6.07) is 33.5. The minimum Gasteiger partial charge on any atom is -0.511 e. The maximum absolute atomic E-state index is 11.6. The molecule has 0 aliphatic carbocycles. The molecule has 6 heteroatoms. The number of pyridine rings is 1. The summed E-state index contributed by atoms with van der Waals surface area (Å²) in [5.41, 5.74) is 8.77. The Morgan fingerprint density at radius 3 is 2.14 bits per heavy atom. The molecule has 0 radical (unpaired) electrons. The fourth-order valence-electron chi connectivity index (χ4n) is 6.60. The zero-order valence-corrected chi connectivity index (χ0v) is 32.6. The smallest absolute Gasteiger partial charge is 0.511 e. The van der Waals surface area contributed by atoms with Gasteiger partial charge in [-0.3, -0.25) is 4.57 Å². The summed E-state index contributed by atoms with van der Waals surface area (Å²) >= 11 is 0. The summed E-state index contributed by atoms with van der Waals surface area (Å²) in [5.74, 6) is 1.16. The number of phenolic OH excluding ortho intramolecular Hbond substituents is 1. The van der Waals surface area contributed by atoms with Gasteiger partial charge in [-0.1, -0.05) is 122 Å². The Labute approximate surface area is 310 Å².